The molecule has 1 fully saturated rings. The van der Waals surface area contributed by atoms with Crippen LogP contribution in [0.2, 0.25) is 0 Å². The molecule has 1 N–H and O–H groups in total. The van der Waals surface area contributed by atoms with Crippen LogP contribution in [0.25, 0.3) is 28.2 Å². The molecule has 0 radical (unpaired) electrons. The summed E-state index contributed by atoms with van der Waals surface area (Å²) in [5.74, 6) is 0.977. The van der Waals surface area contributed by atoms with Crippen molar-refractivity contribution in [3.05, 3.63) is 67.0 Å². The number of nitrogens with one attached hydrogen (secondary N) is 1. The van der Waals surface area contributed by atoms with Crippen molar-refractivity contribution in [2.45, 2.75) is 25.9 Å². The van der Waals surface area contributed by atoms with E-state index in [1.54, 1.807) is 0 Å². The van der Waals surface area contributed by atoms with Crippen LogP contribution in [0.15, 0.2) is 67.0 Å². The Bertz CT molecular complexity index is 1110. The minimum absolute atomic E-state index is 0.429. The number of nitrogens with zero attached hydrogens (tertiary/aromatic N) is 5. The van der Waals surface area contributed by atoms with Gasteiger partial charge >= 0.3 is 0 Å². The Labute approximate surface area is 170 Å². The SMILES string of the molecule is C[C@@H]1CN(c2ccc3nc(-c4ccccc4)c(-c4ccncc4)n3n2)C[C@H](C)N1. The van der Waals surface area contributed by atoms with E-state index in [0.29, 0.717) is 12.1 Å². The number of rotatable bonds is 3. The second-order valence-electron chi connectivity index (χ2n) is 7.75. The molecule has 0 aliphatic carbocycles. The largest absolute Gasteiger partial charge is 0.352 e. The zero-order valence-electron chi connectivity index (χ0n) is 16.7. The topological polar surface area (TPSA) is 58.4 Å². The molecule has 0 saturated carbocycles. The second kappa shape index (κ2) is 7.29. The molecule has 6 nitrogen and oxygen atoms in total. The van der Waals surface area contributed by atoms with Crippen molar-refractivity contribution in [2.75, 3.05) is 18.0 Å². The van der Waals surface area contributed by atoms with Crippen molar-refractivity contribution in [3.8, 4) is 22.5 Å². The van der Waals surface area contributed by atoms with E-state index in [1.807, 2.05) is 47.2 Å². The van der Waals surface area contributed by atoms with Gasteiger partial charge in [-0.2, -0.15) is 0 Å². The van der Waals surface area contributed by atoms with E-state index in [9.17, 15) is 0 Å². The Kier molecular flexibility index (Phi) is 4.48. The summed E-state index contributed by atoms with van der Waals surface area (Å²) in [6.07, 6.45) is 3.63. The highest BCUT2D eigenvalue weighted by atomic mass is 15.4. The Morgan fingerprint density at radius 3 is 2.31 bits per heavy atom. The fourth-order valence-corrected chi connectivity index (χ4v) is 4.17. The fraction of sp³-hybridized carbons (Fsp3) is 0.261. The van der Waals surface area contributed by atoms with Crippen molar-refractivity contribution in [1.82, 2.24) is 24.9 Å². The zero-order chi connectivity index (χ0) is 19.8. The predicted molar refractivity (Wildman–Crippen MR) is 116 cm³/mol. The Hall–Kier alpha value is -3.25. The average Bonchev–Trinajstić information content (AvgIpc) is 3.13. The third-order valence-corrected chi connectivity index (χ3v) is 5.35. The third kappa shape index (κ3) is 3.36. The number of fused-ring (bicyclic) bond motifs is 1. The maximum atomic E-state index is 5.02. The maximum absolute atomic E-state index is 5.02. The Morgan fingerprint density at radius 1 is 0.862 bits per heavy atom. The van der Waals surface area contributed by atoms with Crippen LogP contribution in [0.3, 0.4) is 0 Å². The molecule has 6 heteroatoms. The number of imidazole rings is 1. The van der Waals surface area contributed by atoms with E-state index < -0.39 is 0 Å². The standard InChI is InChI=1S/C23H24N6/c1-16-14-28(15-17(2)25-16)21-9-8-20-26-22(18-6-4-3-5-7-18)23(29(20)27-21)19-10-12-24-13-11-19/h3-13,16-17,25H,14-15H2,1-2H3/t16-,17+. The van der Waals surface area contributed by atoms with Crippen LogP contribution in [0, 0.1) is 0 Å². The first kappa shape index (κ1) is 17.8. The van der Waals surface area contributed by atoms with Gasteiger partial charge in [-0.25, -0.2) is 9.50 Å². The summed E-state index contributed by atoms with van der Waals surface area (Å²) in [4.78, 5) is 11.5. The van der Waals surface area contributed by atoms with Crippen molar-refractivity contribution in [2.24, 2.45) is 0 Å². The summed E-state index contributed by atoms with van der Waals surface area (Å²) in [5, 5.41) is 8.61. The first-order valence-electron chi connectivity index (χ1n) is 10.1. The first-order valence-corrected chi connectivity index (χ1v) is 10.1. The van der Waals surface area contributed by atoms with E-state index in [-0.39, 0.29) is 0 Å². The van der Waals surface area contributed by atoms with Crippen LogP contribution >= 0.6 is 0 Å². The van der Waals surface area contributed by atoms with Crippen LogP contribution in [0.4, 0.5) is 5.82 Å². The molecule has 0 bridgehead atoms. The van der Waals surface area contributed by atoms with E-state index in [4.69, 9.17) is 10.1 Å². The van der Waals surface area contributed by atoms with Gasteiger partial charge in [0, 0.05) is 48.7 Å². The predicted octanol–water partition coefficient (Wildman–Crippen LogP) is 3.64. The summed E-state index contributed by atoms with van der Waals surface area (Å²) >= 11 is 0. The molecule has 0 amide bonds. The van der Waals surface area contributed by atoms with Crippen molar-refractivity contribution < 1.29 is 0 Å². The van der Waals surface area contributed by atoms with Crippen LogP contribution in [0.1, 0.15) is 13.8 Å². The maximum Gasteiger partial charge on any atom is 0.155 e. The quantitative estimate of drug-likeness (QED) is 0.584. The lowest BCUT2D eigenvalue weighted by atomic mass is 10.1. The van der Waals surface area contributed by atoms with E-state index in [2.05, 4.69) is 53.3 Å². The highest BCUT2D eigenvalue weighted by Gasteiger charge is 2.23. The summed E-state index contributed by atoms with van der Waals surface area (Å²) in [7, 11) is 0. The first-order chi connectivity index (χ1) is 14.2. The molecule has 4 heterocycles. The smallest absolute Gasteiger partial charge is 0.155 e. The number of hydrogen-bond donors (Lipinski definition) is 1. The normalized spacial score (nSPS) is 19.6. The van der Waals surface area contributed by atoms with Crippen LogP contribution in [-0.2, 0) is 0 Å². The lowest BCUT2D eigenvalue weighted by Crippen LogP contribution is -2.54. The van der Waals surface area contributed by atoms with Crippen molar-refractivity contribution >= 4 is 11.5 Å². The molecule has 29 heavy (non-hydrogen) atoms. The molecule has 1 saturated heterocycles. The van der Waals surface area contributed by atoms with Gasteiger partial charge in [-0.1, -0.05) is 30.3 Å². The Balaban J connectivity index is 1.69. The number of piperazine rings is 1. The minimum Gasteiger partial charge on any atom is -0.352 e. The molecule has 0 unspecified atom stereocenters. The summed E-state index contributed by atoms with van der Waals surface area (Å²) in [6.45, 7) is 6.31. The third-order valence-electron chi connectivity index (χ3n) is 5.35. The van der Waals surface area contributed by atoms with Gasteiger partial charge in [-0.15, -0.1) is 5.10 Å². The molecule has 3 aromatic heterocycles. The van der Waals surface area contributed by atoms with Crippen LogP contribution in [-0.4, -0.2) is 44.8 Å². The molecule has 1 aliphatic rings. The summed E-state index contributed by atoms with van der Waals surface area (Å²) in [6, 6.07) is 19.3. The summed E-state index contributed by atoms with van der Waals surface area (Å²) in [5.41, 5.74) is 4.90. The highest BCUT2D eigenvalue weighted by molar-refractivity contribution is 5.81. The molecule has 0 spiro atoms. The van der Waals surface area contributed by atoms with E-state index in [0.717, 1.165) is 47.1 Å². The van der Waals surface area contributed by atoms with Crippen molar-refractivity contribution in [3.63, 3.8) is 0 Å². The van der Waals surface area contributed by atoms with Gasteiger partial charge in [0.05, 0.1) is 5.69 Å². The molecule has 146 valence electrons. The number of anilines is 1. The van der Waals surface area contributed by atoms with Gasteiger partial charge in [0.15, 0.2) is 5.65 Å². The number of pyridine rings is 1. The number of aromatic nitrogens is 4. The van der Waals surface area contributed by atoms with Crippen LogP contribution in [0.5, 0.6) is 0 Å². The molecular formula is C23H24N6. The molecule has 1 aromatic carbocycles. The molecule has 5 rings (SSSR count). The highest BCUT2D eigenvalue weighted by Crippen LogP contribution is 2.32. The number of hydrogen-bond acceptors (Lipinski definition) is 5. The zero-order valence-corrected chi connectivity index (χ0v) is 16.7. The lowest BCUT2D eigenvalue weighted by Gasteiger charge is -2.36. The van der Waals surface area contributed by atoms with Gasteiger partial charge in [0.2, 0.25) is 0 Å². The number of benzene rings is 1. The summed E-state index contributed by atoms with van der Waals surface area (Å²) < 4.78 is 1.98. The van der Waals surface area contributed by atoms with Crippen molar-refractivity contribution in [1.29, 1.82) is 0 Å². The fourth-order valence-electron chi connectivity index (χ4n) is 4.17. The minimum atomic E-state index is 0.429. The molecular weight excluding hydrogens is 360 g/mol. The van der Waals surface area contributed by atoms with Gasteiger partial charge < -0.3 is 10.2 Å². The van der Waals surface area contributed by atoms with E-state index in [1.165, 1.54) is 0 Å². The van der Waals surface area contributed by atoms with Gasteiger partial charge in [0.1, 0.15) is 11.5 Å². The van der Waals surface area contributed by atoms with Gasteiger partial charge in [-0.3, -0.25) is 4.98 Å². The Morgan fingerprint density at radius 2 is 1.59 bits per heavy atom. The van der Waals surface area contributed by atoms with Gasteiger partial charge in [0.25, 0.3) is 0 Å². The second-order valence-corrected chi connectivity index (χ2v) is 7.75. The monoisotopic (exact) mass is 384 g/mol. The lowest BCUT2D eigenvalue weighted by molar-refractivity contribution is 0.404. The average molecular weight is 384 g/mol. The van der Waals surface area contributed by atoms with Gasteiger partial charge in [-0.05, 0) is 38.1 Å². The molecule has 4 aromatic rings. The molecule has 2 atom stereocenters. The molecule has 1 aliphatic heterocycles. The van der Waals surface area contributed by atoms with Crippen LogP contribution < -0.4 is 10.2 Å². The van der Waals surface area contributed by atoms with E-state index >= 15 is 0 Å².